The third kappa shape index (κ3) is 9.06. The summed E-state index contributed by atoms with van der Waals surface area (Å²) >= 11 is 0. The average molecular weight is 376 g/mol. The standard InChI is InChI=1S/C24H38FNO/c1-2-3-7-20-10-12-22(13-11-20)19-27-24-16-14-21(15-17-24)8-5-4-6-9-23(25)18-26/h4,6,9,20-22,24H,2-3,5,7-8,10-17,19H2,1H3/b6-4+,23-9-. The Bertz CT molecular complexity index is 491. The molecular weight excluding hydrogens is 337 g/mol. The van der Waals surface area contributed by atoms with Crippen LogP contribution in [0, 0.1) is 29.1 Å². The van der Waals surface area contributed by atoms with Gasteiger partial charge in [-0.3, -0.25) is 0 Å². The van der Waals surface area contributed by atoms with E-state index >= 15 is 0 Å². The van der Waals surface area contributed by atoms with Crippen molar-refractivity contribution < 1.29 is 9.13 Å². The van der Waals surface area contributed by atoms with Gasteiger partial charge in [0.15, 0.2) is 5.83 Å². The molecule has 0 heterocycles. The third-order valence-corrected chi connectivity index (χ3v) is 6.52. The van der Waals surface area contributed by atoms with Gasteiger partial charge in [0.2, 0.25) is 0 Å². The number of allylic oxidation sites excluding steroid dienone is 4. The Labute approximate surface area is 165 Å². The second-order valence-electron chi connectivity index (χ2n) is 8.64. The van der Waals surface area contributed by atoms with E-state index in [0.717, 1.165) is 37.2 Å². The molecule has 0 saturated heterocycles. The fourth-order valence-corrected chi connectivity index (χ4v) is 4.66. The minimum Gasteiger partial charge on any atom is -0.378 e. The predicted molar refractivity (Wildman–Crippen MR) is 110 cm³/mol. The molecule has 0 spiro atoms. The van der Waals surface area contributed by atoms with E-state index in [1.807, 2.05) is 6.08 Å². The molecule has 0 aromatic rings. The summed E-state index contributed by atoms with van der Waals surface area (Å²) in [6, 6.07) is 1.48. The molecule has 0 unspecified atom stereocenters. The van der Waals surface area contributed by atoms with E-state index in [2.05, 4.69) is 6.92 Å². The highest BCUT2D eigenvalue weighted by Crippen LogP contribution is 2.34. The molecule has 0 bridgehead atoms. The van der Waals surface area contributed by atoms with E-state index in [1.54, 1.807) is 6.08 Å². The molecule has 0 aromatic carbocycles. The topological polar surface area (TPSA) is 33.0 Å². The molecule has 3 heteroatoms. The molecule has 152 valence electrons. The molecule has 0 amide bonds. The molecule has 27 heavy (non-hydrogen) atoms. The van der Waals surface area contributed by atoms with Crippen molar-refractivity contribution in [2.24, 2.45) is 17.8 Å². The minimum absolute atomic E-state index is 0.474. The fourth-order valence-electron chi connectivity index (χ4n) is 4.66. The highest BCUT2D eigenvalue weighted by atomic mass is 19.1. The Morgan fingerprint density at radius 3 is 2.30 bits per heavy atom. The van der Waals surface area contributed by atoms with Gasteiger partial charge < -0.3 is 4.74 Å². The molecule has 2 rings (SSSR count). The first-order valence-corrected chi connectivity index (χ1v) is 11.2. The molecule has 2 aliphatic carbocycles. The Hall–Kier alpha value is -1.14. The van der Waals surface area contributed by atoms with Crippen LogP contribution in [0.1, 0.15) is 90.4 Å². The Morgan fingerprint density at radius 1 is 1.00 bits per heavy atom. The number of ether oxygens (including phenoxy) is 1. The summed E-state index contributed by atoms with van der Waals surface area (Å²) in [4.78, 5) is 0. The number of unbranched alkanes of at least 4 members (excludes halogenated alkanes) is 1. The quantitative estimate of drug-likeness (QED) is 0.297. The Morgan fingerprint density at radius 2 is 1.63 bits per heavy atom. The van der Waals surface area contributed by atoms with Crippen molar-refractivity contribution in [2.75, 3.05) is 6.61 Å². The zero-order chi connectivity index (χ0) is 19.3. The van der Waals surface area contributed by atoms with Gasteiger partial charge in [-0.1, -0.05) is 51.2 Å². The second kappa shape index (κ2) is 13.1. The highest BCUT2D eigenvalue weighted by Gasteiger charge is 2.24. The van der Waals surface area contributed by atoms with Gasteiger partial charge in [0.05, 0.1) is 6.10 Å². The number of hydrogen-bond acceptors (Lipinski definition) is 2. The van der Waals surface area contributed by atoms with Crippen molar-refractivity contribution in [3.05, 3.63) is 24.1 Å². The van der Waals surface area contributed by atoms with Crippen LogP contribution in [0.4, 0.5) is 4.39 Å². The van der Waals surface area contributed by atoms with Gasteiger partial charge >= 0.3 is 0 Å². The molecule has 2 fully saturated rings. The second-order valence-corrected chi connectivity index (χ2v) is 8.64. The van der Waals surface area contributed by atoms with E-state index in [1.165, 1.54) is 82.8 Å². The first-order chi connectivity index (χ1) is 13.2. The monoisotopic (exact) mass is 375 g/mol. The van der Waals surface area contributed by atoms with E-state index in [9.17, 15) is 4.39 Å². The maximum absolute atomic E-state index is 12.7. The summed E-state index contributed by atoms with van der Waals surface area (Å²) in [5.74, 6) is 1.83. The van der Waals surface area contributed by atoms with Crippen LogP contribution in [0.25, 0.3) is 0 Å². The first kappa shape index (κ1) is 22.2. The summed E-state index contributed by atoms with van der Waals surface area (Å²) in [5.41, 5.74) is 0. The fraction of sp³-hybridized carbons (Fsp3) is 0.792. The molecule has 0 atom stereocenters. The number of rotatable bonds is 10. The maximum Gasteiger partial charge on any atom is 0.199 e. The van der Waals surface area contributed by atoms with E-state index in [-0.39, 0.29) is 0 Å². The minimum atomic E-state index is -0.724. The largest absolute Gasteiger partial charge is 0.378 e. The van der Waals surface area contributed by atoms with Gasteiger partial charge in [0, 0.05) is 6.61 Å². The van der Waals surface area contributed by atoms with Crippen LogP contribution in [-0.4, -0.2) is 12.7 Å². The van der Waals surface area contributed by atoms with Crippen molar-refractivity contribution in [2.45, 2.75) is 96.5 Å². The van der Waals surface area contributed by atoms with Gasteiger partial charge in [0.25, 0.3) is 0 Å². The van der Waals surface area contributed by atoms with Crippen molar-refractivity contribution in [3.63, 3.8) is 0 Å². The van der Waals surface area contributed by atoms with Gasteiger partial charge in [0.1, 0.15) is 6.07 Å². The van der Waals surface area contributed by atoms with Crippen molar-refractivity contribution >= 4 is 0 Å². The summed E-state index contributed by atoms with van der Waals surface area (Å²) in [7, 11) is 0. The van der Waals surface area contributed by atoms with Crippen LogP contribution >= 0.6 is 0 Å². The highest BCUT2D eigenvalue weighted by molar-refractivity contribution is 5.18. The lowest BCUT2D eigenvalue weighted by atomic mass is 9.80. The number of nitrogens with zero attached hydrogens (tertiary/aromatic N) is 1. The molecule has 0 N–H and O–H groups in total. The molecule has 2 saturated carbocycles. The summed E-state index contributed by atoms with van der Waals surface area (Å²) < 4.78 is 18.9. The molecule has 0 aliphatic heterocycles. The van der Waals surface area contributed by atoms with Gasteiger partial charge in [-0.25, -0.2) is 0 Å². The van der Waals surface area contributed by atoms with Crippen LogP contribution in [0.5, 0.6) is 0 Å². The summed E-state index contributed by atoms with van der Waals surface area (Å²) in [6.45, 7) is 3.27. The normalized spacial score (nSPS) is 29.7. The summed E-state index contributed by atoms with van der Waals surface area (Å²) in [6.07, 6.45) is 22.1. The average Bonchev–Trinajstić information content (AvgIpc) is 2.72. The lowest BCUT2D eigenvalue weighted by molar-refractivity contribution is -0.0102. The molecule has 0 radical (unpaired) electrons. The van der Waals surface area contributed by atoms with Crippen molar-refractivity contribution in [1.82, 2.24) is 0 Å². The Balaban J connectivity index is 1.52. The zero-order valence-electron chi connectivity index (χ0n) is 17.2. The smallest absolute Gasteiger partial charge is 0.199 e. The van der Waals surface area contributed by atoms with E-state index in [0.29, 0.717) is 6.10 Å². The molecular formula is C24H38FNO. The third-order valence-electron chi connectivity index (χ3n) is 6.52. The van der Waals surface area contributed by atoms with Crippen LogP contribution in [0.3, 0.4) is 0 Å². The zero-order valence-corrected chi connectivity index (χ0v) is 17.2. The van der Waals surface area contributed by atoms with Gasteiger partial charge in [-0.15, -0.1) is 0 Å². The van der Waals surface area contributed by atoms with Gasteiger partial charge in [-0.05, 0) is 75.2 Å². The predicted octanol–water partition coefficient (Wildman–Crippen LogP) is 7.27. The summed E-state index contributed by atoms with van der Waals surface area (Å²) in [5, 5.41) is 8.35. The van der Waals surface area contributed by atoms with E-state index < -0.39 is 5.83 Å². The SMILES string of the molecule is CCCCC1CCC(COC2CCC(CC/C=C/C=C(\F)C#N)CC2)CC1. The molecule has 2 aliphatic rings. The maximum atomic E-state index is 12.7. The molecule has 0 aromatic heterocycles. The lowest BCUT2D eigenvalue weighted by Gasteiger charge is -2.32. The van der Waals surface area contributed by atoms with Crippen LogP contribution in [-0.2, 0) is 4.74 Å². The van der Waals surface area contributed by atoms with Crippen LogP contribution in [0.15, 0.2) is 24.1 Å². The van der Waals surface area contributed by atoms with Gasteiger partial charge in [-0.2, -0.15) is 9.65 Å². The van der Waals surface area contributed by atoms with Crippen molar-refractivity contribution in [1.29, 1.82) is 5.26 Å². The molecule has 2 nitrogen and oxygen atoms in total. The van der Waals surface area contributed by atoms with Crippen molar-refractivity contribution in [3.8, 4) is 6.07 Å². The van der Waals surface area contributed by atoms with Crippen LogP contribution in [0.2, 0.25) is 0 Å². The first-order valence-electron chi connectivity index (χ1n) is 11.2. The number of hydrogen-bond donors (Lipinski definition) is 0. The van der Waals surface area contributed by atoms with Crippen LogP contribution < -0.4 is 0 Å². The number of halogens is 1. The van der Waals surface area contributed by atoms with E-state index in [4.69, 9.17) is 10.00 Å². The Kier molecular flexibility index (Phi) is 10.8. The lowest BCUT2D eigenvalue weighted by Crippen LogP contribution is -2.26. The number of nitriles is 1.